The van der Waals surface area contributed by atoms with Gasteiger partial charge in [-0.05, 0) is 25.3 Å². The van der Waals surface area contributed by atoms with Crippen LogP contribution in [0.1, 0.15) is 11.3 Å². The maximum Gasteiger partial charge on any atom is 0.416 e. The highest BCUT2D eigenvalue weighted by molar-refractivity contribution is 5.45. The van der Waals surface area contributed by atoms with Crippen molar-refractivity contribution < 1.29 is 13.2 Å². The van der Waals surface area contributed by atoms with E-state index in [1.807, 2.05) is 0 Å². The quantitative estimate of drug-likeness (QED) is 0.838. The summed E-state index contributed by atoms with van der Waals surface area (Å²) in [5, 5.41) is 2.85. The second kappa shape index (κ2) is 4.93. The first-order chi connectivity index (χ1) is 7.04. The third-order valence-electron chi connectivity index (χ3n) is 1.72. The largest absolute Gasteiger partial charge is 0.416 e. The van der Waals surface area contributed by atoms with E-state index < -0.39 is 11.7 Å². The van der Waals surface area contributed by atoms with E-state index in [2.05, 4.69) is 10.3 Å². The molecule has 0 aromatic carbocycles. The third kappa shape index (κ3) is 3.71. The predicted octanol–water partition coefficient (Wildman–Crippen LogP) is 2.33. The minimum atomic E-state index is -4.31. The lowest BCUT2D eigenvalue weighted by Gasteiger charge is -2.05. The van der Waals surface area contributed by atoms with Gasteiger partial charge in [0.1, 0.15) is 0 Å². The van der Waals surface area contributed by atoms with Gasteiger partial charge in [-0.1, -0.05) is 6.08 Å². The fourth-order valence-electron chi connectivity index (χ4n) is 1.01. The number of rotatable bonds is 3. The highest BCUT2D eigenvalue weighted by atomic mass is 19.4. The minimum absolute atomic E-state index is 0.306. The van der Waals surface area contributed by atoms with Crippen molar-refractivity contribution in [2.45, 2.75) is 6.18 Å². The third-order valence-corrected chi connectivity index (χ3v) is 1.72. The summed E-state index contributed by atoms with van der Waals surface area (Å²) in [6, 6.07) is 1.97. The Bertz CT molecular complexity index is 345. The number of alkyl halides is 3. The van der Waals surface area contributed by atoms with Crippen LogP contribution in [0.3, 0.4) is 0 Å². The Morgan fingerprint density at radius 2 is 2.20 bits per heavy atom. The van der Waals surface area contributed by atoms with Crippen LogP contribution in [0.15, 0.2) is 24.4 Å². The highest BCUT2D eigenvalue weighted by Crippen LogP contribution is 2.29. The molecule has 0 radical (unpaired) electrons. The first kappa shape index (κ1) is 11.7. The molecule has 0 aliphatic carbocycles. The van der Waals surface area contributed by atoms with Crippen LogP contribution in [-0.4, -0.2) is 18.6 Å². The molecule has 1 heterocycles. The summed E-state index contributed by atoms with van der Waals surface area (Å²) >= 11 is 0. The van der Waals surface area contributed by atoms with Crippen molar-refractivity contribution in [1.29, 1.82) is 0 Å². The summed E-state index contributed by atoms with van der Waals surface area (Å²) in [7, 11) is 1.75. The monoisotopic (exact) mass is 216 g/mol. The van der Waals surface area contributed by atoms with Crippen LogP contribution in [0.4, 0.5) is 13.2 Å². The fraction of sp³-hybridized carbons (Fsp3) is 0.300. The number of likely N-dealkylation sites (N-methyl/N-ethyl adjacent to an activating group) is 1. The SMILES string of the molecule is CNCC=Cc1cc(C(F)(F)F)ccn1. The van der Waals surface area contributed by atoms with Gasteiger partial charge in [0, 0.05) is 12.7 Å². The lowest BCUT2D eigenvalue weighted by atomic mass is 10.2. The summed E-state index contributed by atoms with van der Waals surface area (Å²) < 4.78 is 36.9. The minimum Gasteiger partial charge on any atom is -0.316 e. The van der Waals surface area contributed by atoms with E-state index in [0.29, 0.717) is 12.2 Å². The number of hydrogen-bond donors (Lipinski definition) is 1. The Morgan fingerprint density at radius 3 is 2.80 bits per heavy atom. The second-order valence-electron chi connectivity index (χ2n) is 2.93. The molecule has 0 spiro atoms. The molecule has 1 aromatic heterocycles. The fourth-order valence-corrected chi connectivity index (χ4v) is 1.01. The number of nitrogens with zero attached hydrogens (tertiary/aromatic N) is 1. The Morgan fingerprint density at radius 1 is 1.47 bits per heavy atom. The lowest BCUT2D eigenvalue weighted by Crippen LogP contribution is -2.06. The number of halogens is 3. The van der Waals surface area contributed by atoms with E-state index in [9.17, 15) is 13.2 Å². The van der Waals surface area contributed by atoms with Crippen molar-refractivity contribution in [3.8, 4) is 0 Å². The molecule has 0 bridgehead atoms. The van der Waals surface area contributed by atoms with Gasteiger partial charge in [0.2, 0.25) is 0 Å². The number of aromatic nitrogens is 1. The van der Waals surface area contributed by atoms with E-state index in [0.717, 1.165) is 18.3 Å². The van der Waals surface area contributed by atoms with E-state index in [1.54, 1.807) is 19.2 Å². The van der Waals surface area contributed by atoms with Crippen LogP contribution < -0.4 is 5.32 Å². The second-order valence-corrected chi connectivity index (χ2v) is 2.93. The van der Waals surface area contributed by atoms with Gasteiger partial charge in [-0.25, -0.2) is 0 Å². The molecule has 0 aliphatic rings. The molecule has 0 atom stereocenters. The average Bonchev–Trinajstić information content (AvgIpc) is 2.17. The Balaban J connectivity index is 2.84. The van der Waals surface area contributed by atoms with Gasteiger partial charge in [-0.2, -0.15) is 13.2 Å². The lowest BCUT2D eigenvalue weighted by molar-refractivity contribution is -0.137. The molecular weight excluding hydrogens is 205 g/mol. The molecule has 0 saturated carbocycles. The summed E-state index contributed by atoms with van der Waals surface area (Å²) in [5.74, 6) is 0. The Hall–Kier alpha value is -1.36. The zero-order valence-corrected chi connectivity index (χ0v) is 8.17. The average molecular weight is 216 g/mol. The molecule has 0 aliphatic heterocycles. The van der Waals surface area contributed by atoms with Crippen LogP contribution in [0.2, 0.25) is 0 Å². The highest BCUT2D eigenvalue weighted by Gasteiger charge is 2.30. The van der Waals surface area contributed by atoms with Gasteiger partial charge in [0.25, 0.3) is 0 Å². The van der Waals surface area contributed by atoms with Crippen molar-refractivity contribution >= 4 is 6.08 Å². The van der Waals surface area contributed by atoms with Gasteiger partial charge in [0.15, 0.2) is 0 Å². The topological polar surface area (TPSA) is 24.9 Å². The van der Waals surface area contributed by atoms with E-state index >= 15 is 0 Å². The zero-order chi connectivity index (χ0) is 11.3. The smallest absolute Gasteiger partial charge is 0.316 e. The maximum atomic E-state index is 12.3. The number of hydrogen-bond acceptors (Lipinski definition) is 2. The molecule has 0 fully saturated rings. The predicted molar refractivity (Wildman–Crippen MR) is 52.2 cm³/mol. The number of pyridine rings is 1. The van der Waals surface area contributed by atoms with E-state index in [-0.39, 0.29) is 0 Å². The molecule has 2 nitrogen and oxygen atoms in total. The van der Waals surface area contributed by atoms with Gasteiger partial charge >= 0.3 is 6.18 Å². The molecule has 0 saturated heterocycles. The van der Waals surface area contributed by atoms with Crippen LogP contribution >= 0.6 is 0 Å². The Kier molecular flexibility index (Phi) is 3.85. The number of nitrogens with one attached hydrogen (secondary N) is 1. The van der Waals surface area contributed by atoms with Crippen molar-refractivity contribution in [3.05, 3.63) is 35.7 Å². The molecule has 5 heteroatoms. The van der Waals surface area contributed by atoms with Gasteiger partial charge in [-0.3, -0.25) is 4.98 Å². The van der Waals surface area contributed by atoms with Crippen molar-refractivity contribution in [1.82, 2.24) is 10.3 Å². The molecule has 0 amide bonds. The maximum absolute atomic E-state index is 12.3. The standard InChI is InChI=1S/C10H11F3N2/c1-14-5-2-3-9-7-8(4-6-15-9)10(11,12)13/h2-4,6-7,14H,5H2,1H3. The molecule has 15 heavy (non-hydrogen) atoms. The molecule has 1 aromatic rings. The summed E-state index contributed by atoms with van der Waals surface area (Å²) in [5.41, 5.74) is -0.373. The van der Waals surface area contributed by atoms with Gasteiger partial charge in [0.05, 0.1) is 11.3 Å². The Labute approximate surface area is 85.8 Å². The van der Waals surface area contributed by atoms with E-state index in [1.165, 1.54) is 0 Å². The van der Waals surface area contributed by atoms with Crippen molar-refractivity contribution in [2.75, 3.05) is 13.6 Å². The first-order valence-corrected chi connectivity index (χ1v) is 4.38. The van der Waals surface area contributed by atoms with Crippen LogP contribution in [0, 0.1) is 0 Å². The molecule has 0 unspecified atom stereocenters. The van der Waals surface area contributed by atoms with E-state index in [4.69, 9.17) is 0 Å². The van der Waals surface area contributed by atoms with Gasteiger partial charge < -0.3 is 5.32 Å². The summed E-state index contributed by atoms with van der Waals surface area (Å²) in [6.45, 7) is 0.595. The molecule has 1 N–H and O–H groups in total. The van der Waals surface area contributed by atoms with Gasteiger partial charge in [-0.15, -0.1) is 0 Å². The van der Waals surface area contributed by atoms with Crippen molar-refractivity contribution in [3.63, 3.8) is 0 Å². The molecule has 82 valence electrons. The summed E-state index contributed by atoms with van der Waals surface area (Å²) in [4.78, 5) is 3.81. The summed E-state index contributed by atoms with van der Waals surface area (Å²) in [6.07, 6.45) is 0.102. The molecular formula is C10H11F3N2. The van der Waals surface area contributed by atoms with Crippen LogP contribution in [0.5, 0.6) is 0 Å². The zero-order valence-electron chi connectivity index (χ0n) is 8.17. The normalized spacial score (nSPS) is 12.3. The molecule has 1 rings (SSSR count). The first-order valence-electron chi connectivity index (χ1n) is 4.38. The van der Waals surface area contributed by atoms with Crippen LogP contribution in [-0.2, 0) is 6.18 Å². The van der Waals surface area contributed by atoms with Crippen molar-refractivity contribution in [2.24, 2.45) is 0 Å². The van der Waals surface area contributed by atoms with Crippen LogP contribution in [0.25, 0.3) is 6.08 Å².